The summed E-state index contributed by atoms with van der Waals surface area (Å²) in [5.41, 5.74) is 3.47. The fourth-order valence-electron chi connectivity index (χ4n) is 4.92. The lowest BCUT2D eigenvalue weighted by Crippen LogP contribution is -2.24. The van der Waals surface area contributed by atoms with Gasteiger partial charge in [-0.05, 0) is 42.9 Å². The van der Waals surface area contributed by atoms with E-state index < -0.39 is 16.4 Å². The molecular weight excluding hydrogens is 418 g/mol. The minimum absolute atomic E-state index is 0.0171. The van der Waals surface area contributed by atoms with Gasteiger partial charge in [0.05, 0.1) is 24.1 Å². The van der Waals surface area contributed by atoms with Crippen molar-refractivity contribution in [1.82, 2.24) is 14.5 Å². The third kappa shape index (κ3) is 4.03. The Labute approximate surface area is 180 Å². The van der Waals surface area contributed by atoms with E-state index in [9.17, 15) is 13.5 Å². The Morgan fingerprint density at radius 2 is 2.06 bits per heavy atom. The Morgan fingerprint density at radius 1 is 1.23 bits per heavy atom. The van der Waals surface area contributed by atoms with E-state index in [-0.39, 0.29) is 24.6 Å². The number of nitrogens with two attached hydrogens (primary N) is 1. The first kappa shape index (κ1) is 20.4. The Morgan fingerprint density at radius 3 is 2.90 bits per heavy atom. The summed E-state index contributed by atoms with van der Waals surface area (Å²) in [4.78, 5) is 8.97. The van der Waals surface area contributed by atoms with Gasteiger partial charge in [0.15, 0.2) is 0 Å². The van der Waals surface area contributed by atoms with Crippen molar-refractivity contribution < 1.29 is 17.7 Å². The van der Waals surface area contributed by atoms with Crippen molar-refractivity contribution in [2.24, 2.45) is 11.1 Å². The third-order valence-electron chi connectivity index (χ3n) is 6.43. The summed E-state index contributed by atoms with van der Waals surface area (Å²) in [6.45, 7) is -0.126. The maximum absolute atomic E-state index is 11.1. The Kier molecular flexibility index (Phi) is 5.17. The molecule has 31 heavy (non-hydrogen) atoms. The van der Waals surface area contributed by atoms with Crippen molar-refractivity contribution in [3.8, 4) is 0 Å². The minimum atomic E-state index is -4.03. The van der Waals surface area contributed by atoms with Crippen LogP contribution in [0.25, 0.3) is 11.0 Å². The molecule has 5 rings (SSSR count). The fourth-order valence-corrected chi connectivity index (χ4v) is 5.28. The average Bonchev–Trinajstić information content (AvgIpc) is 3.43. The molecule has 1 fully saturated rings. The highest BCUT2D eigenvalue weighted by Gasteiger charge is 2.35. The number of hydrogen-bond acceptors (Lipinski definition) is 7. The molecule has 4 N–H and O–H groups in total. The van der Waals surface area contributed by atoms with Crippen molar-refractivity contribution in [2.75, 3.05) is 11.9 Å². The number of fused-ring (bicyclic) bond motifs is 2. The molecule has 0 radical (unpaired) electrons. The lowest BCUT2D eigenvalue weighted by molar-refractivity contribution is 0.100. The summed E-state index contributed by atoms with van der Waals surface area (Å²) in [5.74, 6) is 0.480. The molecule has 2 heterocycles. The first-order chi connectivity index (χ1) is 14.9. The van der Waals surface area contributed by atoms with Gasteiger partial charge < -0.3 is 15.0 Å². The molecule has 0 amide bonds. The third-order valence-corrected chi connectivity index (χ3v) is 6.89. The van der Waals surface area contributed by atoms with Crippen LogP contribution in [0.5, 0.6) is 0 Å². The number of anilines is 1. The SMILES string of the molecule is NS(=O)(=O)OC[C@@H]1C[C@@H](n2ccc3c(N[C@H]4CCc5ccccc54)ncnc32)C[C@H]1O. The van der Waals surface area contributed by atoms with Crippen LogP contribution in [-0.2, 0) is 20.9 Å². The van der Waals surface area contributed by atoms with Gasteiger partial charge in [-0.25, -0.2) is 15.1 Å². The molecule has 0 unspecified atom stereocenters. The van der Waals surface area contributed by atoms with Gasteiger partial charge in [-0.15, -0.1) is 0 Å². The number of aryl methyl sites for hydroxylation is 1. The van der Waals surface area contributed by atoms with Gasteiger partial charge in [0.2, 0.25) is 0 Å². The largest absolute Gasteiger partial charge is 0.393 e. The average molecular weight is 444 g/mol. The number of rotatable bonds is 6. The predicted molar refractivity (Wildman–Crippen MR) is 115 cm³/mol. The van der Waals surface area contributed by atoms with Crippen LogP contribution in [0, 0.1) is 5.92 Å². The summed E-state index contributed by atoms with van der Waals surface area (Å²) in [6, 6.07) is 10.6. The van der Waals surface area contributed by atoms with E-state index in [1.54, 1.807) is 6.33 Å². The number of aliphatic hydroxyl groups is 1. The van der Waals surface area contributed by atoms with E-state index in [2.05, 4.69) is 39.6 Å². The Balaban J connectivity index is 1.37. The molecule has 9 nitrogen and oxygen atoms in total. The zero-order valence-corrected chi connectivity index (χ0v) is 17.7. The second-order valence-corrected chi connectivity index (χ2v) is 9.57. The molecule has 0 bridgehead atoms. The molecule has 2 aliphatic rings. The molecule has 3 aromatic rings. The lowest BCUT2D eigenvalue weighted by Gasteiger charge is -2.16. The van der Waals surface area contributed by atoms with E-state index in [1.807, 2.05) is 16.8 Å². The molecule has 10 heteroatoms. The van der Waals surface area contributed by atoms with Gasteiger partial charge in [0.1, 0.15) is 17.8 Å². The zero-order valence-electron chi connectivity index (χ0n) is 16.9. The Bertz CT molecular complexity index is 1210. The van der Waals surface area contributed by atoms with E-state index in [0.29, 0.717) is 12.8 Å². The molecule has 1 saturated carbocycles. The lowest BCUT2D eigenvalue weighted by atomic mass is 10.1. The second kappa shape index (κ2) is 7.86. The molecule has 2 aromatic heterocycles. The number of nitrogens with zero attached hydrogens (tertiary/aromatic N) is 3. The number of aliphatic hydroxyl groups excluding tert-OH is 1. The summed E-state index contributed by atoms with van der Waals surface area (Å²) in [7, 11) is -4.03. The second-order valence-electron chi connectivity index (χ2n) is 8.35. The number of aromatic nitrogens is 3. The minimum Gasteiger partial charge on any atom is -0.393 e. The monoisotopic (exact) mass is 443 g/mol. The first-order valence-electron chi connectivity index (χ1n) is 10.4. The van der Waals surface area contributed by atoms with E-state index in [0.717, 1.165) is 29.7 Å². The van der Waals surface area contributed by atoms with Gasteiger partial charge in [-0.1, -0.05) is 24.3 Å². The van der Waals surface area contributed by atoms with Gasteiger partial charge in [-0.3, -0.25) is 4.18 Å². The molecular formula is C21H25N5O4S. The quantitative estimate of drug-likeness (QED) is 0.531. The van der Waals surface area contributed by atoms with Crippen molar-refractivity contribution >= 4 is 27.2 Å². The van der Waals surface area contributed by atoms with E-state index in [1.165, 1.54) is 11.1 Å². The number of nitrogens with one attached hydrogen (secondary N) is 1. The van der Waals surface area contributed by atoms with Crippen LogP contribution in [-0.4, -0.2) is 40.8 Å². The predicted octanol–water partition coefficient (Wildman–Crippen LogP) is 2.06. The highest BCUT2D eigenvalue weighted by molar-refractivity contribution is 7.84. The van der Waals surface area contributed by atoms with Gasteiger partial charge in [-0.2, -0.15) is 8.42 Å². The van der Waals surface area contributed by atoms with E-state index >= 15 is 0 Å². The fraction of sp³-hybridized carbons (Fsp3) is 0.429. The number of benzene rings is 1. The van der Waals surface area contributed by atoms with Gasteiger partial charge in [0.25, 0.3) is 0 Å². The smallest absolute Gasteiger partial charge is 0.333 e. The summed E-state index contributed by atoms with van der Waals surface area (Å²) < 4.78 is 28.9. The first-order valence-corrected chi connectivity index (χ1v) is 11.9. The zero-order chi connectivity index (χ0) is 21.6. The van der Waals surface area contributed by atoms with Crippen molar-refractivity contribution in [3.63, 3.8) is 0 Å². The normalized spacial score (nSPS) is 25.7. The number of hydrogen-bond donors (Lipinski definition) is 3. The molecule has 0 aliphatic heterocycles. The van der Waals surface area contributed by atoms with Crippen molar-refractivity contribution in [2.45, 2.75) is 43.9 Å². The van der Waals surface area contributed by atoms with Crippen LogP contribution in [0.4, 0.5) is 5.82 Å². The van der Waals surface area contributed by atoms with Crippen LogP contribution in [0.2, 0.25) is 0 Å². The van der Waals surface area contributed by atoms with Crippen LogP contribution < -0.4 is 10.5 Å². The summed E-state index contributed by atoms with van der Waals surface area (Å²) >= 11 is 0. The Hall–Kier alpha value is -2.53. The van der Waals surface area contributed by atoms with E-state index in [4.69, 9.17) is 9.32 Å². The standard InChI is InChI=1S/C21H25N5O4S/c22-31(28,29)30-11-14-9-15(10-19(14)27)26-8-7-17-20(23-12-24-21(17)26)25-18-6-5-13-3-1-2-4-16(13)18/h1-4,7-8,12,14-15,18-19,27H,5-6,9-11H2,(H2,22,28,29)(H,23,24,25)/t14-,15+,18-,19+/m0/s1. The molecule has 2 aliphatic carbocycles. The van der Waals surface area contributed by atoms with Crippen LogP contribution in [0.15, 0.2) is 42.9 Å². The maximum Gasteiger partial charge on any atom is 0.333 e. The van der Waals surface area contributed by atoms with Crippen molar-refractivity contribution in [1.29, 1.82) is 0 Å². The molecule has 1 aromatic carbocycles. The molecule has 4 atom stereocenters. The summed E-state index contributed by atoms with van der Waals surface area (Å²) in [5, 5.41) is 19.8. The summed E-state index contributed by atoms with van der Waals surface area (Å²) in [6.07, 6.45) is 5.96. The highest BCUT2D eigenvalue weighted by atomic mass is 32.2. The topological polar surface area (TPSA) is 132 Å². The highest BCUT2D eigenvalue weighted by Crippen LogP contribution is 2.39. The molecule has 0 saturated heterocycles. The van der Waals surface area contributed by atoms with Gasteiger partial charge >= 0.3 is 10.3 Å². The van der Waals surface area contributed by atoms with Crippen LogP contribution in [0.1, 0.15) is 42.5 Å². The van der Waals surface area contributed by atoms with Crippen molar-refractivity contribution in [3.05, 3.63) is 54.0 Å². The molecule has 0 spiro atoms. The maximum atomic E-state index is 11.1. The molecule has 164 valence electrons. The van der Waals surface area contributed by atoms with Crippen LogP contribution >= 0.6 is 0 Å². The van der Waals surface area contributed by atoms with Gasteiger partial charge in [0, 0.05) is 18.2 Å². The van der Waals surface area contributed by atoms with Crippen LogP contribution in [0.3, 0.4) is 0 Å².